The fourth-order valence-electron chi connectivity index (χ4n) is 6.05. The number of hydrogen-bond acceptors (Lipinski definition) is 5. The zero-order valence-corrected chi connectivity index (χ0v) is 19.6. The normalized spacial score (nSPS) is 20.9. The molecule has 2 aliphatic heterocycles. The van der Waals surface area contributed by atoms with Crippen LogP contribution < -0.4 is 9.64 Å². The van der Waals surface area contributed by atoms with Crippen molar-refractivity contribution in [1.29, 1.82) is 0 Å². The van der Waals surface area contributed by atoms with E-state index >= 15 is 0 Å². The number of ether oxygens (including phenoxy) is 1. The number of para-hydroxylation sites is 1. The summed E-state index contributed by atoms with van der Waals surface area (Å²) in [4.78, 5) is 33.7. The summed E-state index contributed by atoms with van der Waals surface area (Å²) in [7, 11) is 2.03. The van der Waals surface area contributed by atoms with E-state index in [0.717, 1.165) is 11.1 Å². The molecule has 5 nitrogen and oxygen atoms in total. The van der Waals surface area contributed by atoms with E-state index in [9.17, 15) is 9.59 Å². The van der Waals surface area contributed by atoms with Crippen LogP contribution in [0.2, 0.25) is 0 Å². The van der Waals surface area contributed by atoms with Crippen LogP contribution in [0.3, 0.4) is 0 Å². The van der Waals surface area contributed by atoms with Gasteiger partial charge in [0, 0.05) is 40.4 Å². The minimum atomic E-state index is -0.781. The summed E-state index contributed by atoms with van der Waals surface area (Å²) in [6.45, 7) is 4.34. The summed E-state index contributed by atoms with van der Waals surface area (Å²) in [5.41, 5.74) is 3.64. The monoisotopic (exact) mass is 458 g/mol. The molecule has 35 heavy (non-hydrogen) atoms. The second-order valence-electron chi connectivity index (χ2n) is 9.96. The van der Waals surface area contributed by atoms with E-state index in [-0.39, 0.29) is 17.0 Å². The Morgan fingerprint density at radius 3 is 2.23 bits per heavy atom. The highest BCUT2D eigenvalue weighted by Crippen LogP contribution is 2.54. The number of ketones is 2. The molecule has 1 unspecified atom stereocenters. The lowest BCUT2D eigenvalue weighted by atomic mass is 9.77. The van der Waals surface area contributed by atoms with E-state index in [1.165, 1.54) is 5.56 Å². The summed E-state index contributed by atoms with van der Waals surface area (Å²) < 4.78 is 6.77. The molecule has 4 aromatic carbocycles. The van der Waals surface area contributed by atoms with Crippen LogP contribution in [0, 0.1) is 0 Å². The van der Waals surface area contributed by atoms with Crippen LogP contribution >= 0.6 is 0 Å². The van der Waals surface area contributed by atoms with Gasteiger partial charge in [-0.3, -0.25) is 14.6 Å². The van der Waals surface area contributed by atoms with Crippen LogP contribution in [-0.4, -0.2) is 30.6 Å². The summed E-state index contributed by atoms with van der Waals surface area (Å²) >= 11 is 0. The van der Waals surface area contributed by atoms with Crippen LogP contribution in [0.15, 0.2) is 77.8 Å². The third kappa shape index (κ3) is 2.30. The molecule has 0 amide bonds. The van der Waals surface area contributed by atoms with Crippen molar-refractivity contribution >= 4 is 39.9 Å². The molecule has 4 aromatic rings. The Kier molecular flexibility index (Phi) is 3.71. The van der Waals surface area contributed by atoms with Crippen molar-refractivity contribution in [3.8, 4) is 5.75 Å². The predicted octanol–water partition coefficient (Wildman–Crippen LogP) is 5.83. The van der Waals surface area contributed by atoms with Crippen LogP contribution in [0.1, 0.15) is 51.3 Å². The van der Waals surface area contributed by atoms with Gasteiger partial charge in [-0.2, -0.15) is 0 Å². The number of likely N-dealkylation sites (N-methyl/N-ethyl adjacent to an activating group) is 1. The summed E-state index contributed by atoms with van der Waals surface area (Å²) in [5, 5.41) is 1.51. The predicted molar refractivity (Wildman–Crippen MR) is 137 cm³/mol. The molecule has 2 heterocycles. The molecule has 170 valence electrons. The Balaban J connectivity index is 1.41. The van der Waals surface area contributed by atoms with Crippen molar-refractivity contribution in [2.45, 2.75) is 25.0 Å². The van der Waals surface area contributed by atoms with Gasteiger partial charge in [-0.15, -0.1) is 0 Å². The lowest BCUT2D eigenvalue weighted by molar-refractivity contribution is 0.0826. The first-order valence-corrected chi connectivity index (χ1v) is 11.7. The van der Waals surface area contributed by atoms with Gasteiger partial charge in [0.1, 0.15) is 11.4 Å². The van der Waals surface area contributed by atoms with Crippen molar-refractivity contribution in [2.24, 2.45) is 4.99 Å². The fraction of sp³-hybridized carbons (Fsp3) is 0.167. The first kappa shape index (κ1) is 20.2. The lowest BCUT2D eigenvalue weighted by Crippen LogP contribution is -2.61. The molecule has 1 atom stereocenters. The average molecular weight is 459 g/mol. The number of rotatable bonds is 0. The van der Waals surface area contributed by atoms with E-state index in [1.807, 2.05) is 37.5 Å². The Hall–Kier alpha value is -4.25. The summed E-state index contributed by atoms with van der Waals surface area (Å²) in [6, 6.07) is 22.7. The van der Waals surface area contributed by atoms with Gasteiger partial charge in [0.2, 0.25) is 5.72 Å². The molecule has 0 bridgehead atoms. The standard InChI is InChI=1S/C30H22N2O3/c1-29(2)22-10-6-7-11-23(22)32(3)30(29)16-31-26-18-12-13-21-25(17(18)14-15-24(26)35-30)28(34)20-9-5-4-8-19(20)27(21)33/h4-16H,1-3H3. The number of anilines is 1. The van der Waals surface area contributed by atoms with E-state index in [4.69, 9.17) is 9.73 Å². The van der Waals surface area contributed by atoms with Crippen LogP contribution in [0.4, 0.5) is 11.4 Å². The lowest BCUT2D eigenvalue weighted by Gasteiger charge is -2.45. The third-order valence-electron chi connectivity index (χ3n) is 7.99. The number of carbonyl (C=O) groups excluding carboxylic acids is 2. The van der Waals surface area contributed by atoms with Gasteiger partial charge >= 0.3 is 0 Å². The maximum Gasteiger partial charge on any atom is 0.228 e. The fourth-order valence-corrected chi connectivity index (χ4v) is 6.05. The van der Waals surface area contributed by atoms with Gasteiger partial charge in [-0.1, -0.05) is 48.5 Å². The van der Waals surface area contributed by atoms with Crippen LogP contribution in [0.5, 0.6) is 5.75 Å². The molecule has 0 saturated carbocycles. The molecule has 0 saturated heterocycles. The Labute approximate surface area is 202 Å². The molecule has 7 rings (SSSR count). The highest BCUT2D eigenvalue weighted by molar-refractivity contribution is 6.32. The van der Waals surface area contributed by atoms with Crippen molar-refractivity contribution in [3.63, 3.8) is 0 Å². The van der Waals surface area contributed by atoms with E-state index in [0.29, 0.717) is 39.1 Å². The topological polar surface area (TPSA) is 59.0 Å². The highest BCUT2D eigenvalue weighted by atomic mass is 16.5. The largest absolute Gasteiger partial charge is 0.459 e. The van der Waals surface area contributed by atoms with Crippen LogP contribution in [-0.2, 0) is 5.41 Å². The smallest absolute Gasteiger partial charge is 0.228 e. The molecule has 0 fully saturated rings. The molecule has 5 heteroatoms. The van der Waals surface area contributed by atoms with Gasteiger partial charge in [0.25, 0.3) is 0 Å². The first-order chi connectivity index (χ1) is 16.8. The Bertz CT molecular complexity index is 1670. The third-order valence-corrected chi connectivity index (χ3v) is 7.99. The van der Waals surface area contributed by atoms with Gasteiger partial charge in [-0.05, 0) is 49.1 Å². The zero-order chi connectivity index (χ0) is 24.1. The van der Waals surface area contributed by atoms with Crippen LogP contribution in [0.25, 0.3) is 10.8 Å². The van der Waals surface area contributed by atoms with Crippen molar-refractivity contribution in [3.05, 3.63) is 101 Å². The summed E-state index contributed by atoms with van der Waals surface area (Å²) in [6.07, 6.45) is 1.89. The van der Waals surface area contributed by atoms with Gasteiger partial charge < -0.3 is 9.64 Å². The maximum absolute atomic E-state index is 13.5. The molecule has 1 spiro atoms. The Morgan fingerprint density at radius 1 is 0.771 bits per heavy atom. The second-order valence-corrected chi connectivity index (χ2v) is 9.96. The molecule has 1 aliphatic carbocycles. The van der Waals surface area contributed by atoms with Gasteiger partial charge in [0.15, 0.2) is 11.6 Å². The second kappa shape index (κ2) is 6.45. The molecule has 0 aromatic heterocycles. The minimum Gasteiger partial charge on any atom is -0.459 e. The summed E-state index contributed by atoms with van der Waals surface area (Å²) in [5.74, 6) is 0.397. The van der Waals surface area contributed by atoms with E-state index in [1.54, 1.807) is 30.3 Å². The Morgan fingerprint density at radius 2 is 1.46 bits per heavy atom. The average Bonchev–Trinajstić information content (AvgIpc) is 3.04. The number of fused-ring (bicyclic) bond motifs is 7. The number of carbonyl (C=O) groups is 2. The number of hydrogen-bond donors (Lipinski definition) is 0. The van der Waals surface area contributed by atoms with Gasteiger partial charge in [-0.25, -0.2) is 0 Å². The number of aliphatic imine (C=N–C) groups is 1. The zero-order valence-electron chi connectivity index (χ0n) is 19.6. The quantitative estimate of drug-likeness (QED) is 0.293. The number of benzene rings is 4. The van der Waals surface area contributed by atoms with Gasteiger partial charge in [0.05, 0.1) is 11.6 Å². The minimum absolute atomic E-state index is 0.124. The molecule has 0 radical (unpaired) electrons. The first-order valence-electron chi connectivity index (χ1n) is 11.7. The van der Waals surface area contributed by atoms with Crippen molar-refractivity contribution in [2.75, 3.05) is 11.9 Å². The maximum atomic E-state index is 13.5. The molecule has 3 aliphatic rings. The van der Waals surface area contributed by atoms with Crippen molar-refractivity contribution in [1.82, 2.24) is 0 Å². The molecular formula is C30H22N2O3. The molecule has 0 N–H and O–H groups in total. The van der Waals surface area contributed by atoms with Crippen molar-refractivity contribution < 1.29 is 14.3 Å². The van der Waals surface area contributed by atoms with E-state index < -0.39 is 5.72 Å². The highest BCUT2D eigenvalue weighted by Gasteiger charge is 2.58. The SMILES string of the molecule is CN1c2ccccc2C(C)(C)C12C=Nc1c(ccc3c4c(ccc13)C(=O)c1ccccc1C4=O)O2. The van der Waals surface area contributed by atoms with E-state index in [2.05, 4.69) is 36.9 Å². The number of nitrogens with zero attached hydrogens (tertiary/aromatic N) is 2. The molecular weight excluding hydrogens is 436 g/mol.